The number of methoxy groups -OCH3 is 1. The minimum atomic E-state index is -0.100. The Morgan fingerprint density at radius 1 is 1.23 bits per heavy atom. The zero-order valence-corrected chi connectivity index (χ0v) is 13.8. The lowest BCUT2D eigenvalue weighted by Gasteiger charge is -2.19. The molecule has 1 amide bonds. The summed E-state index contributed by atoms with van der Waals surface area (Å²) < 4.78 is 5.28. The van der Waals surface area contributed by atoms with Gasteiger partial charge in [0.1, 0.15) is 5.75 Å². The van der Waals surface area contributed by atoms with Crippen LogP contribution in [0.3, 0.4) is 0 Å². The maximum absolute atomic E-state index is 12.3. The molecule has 2 rings (SSSR count). The van der Waals surface area contributed by atoms with Crippen molar-refractivity contribution < 1.29 is 9.53 Å². The van der Waals surface area contributed by atoms with Gasteiger partial charge in [0.2, 0.25) is 0 Å². The molecule has 0 bridgehead atoms. The molecule has 2 aromatic carbocycles. The van der Waals surface area contributed by atoms with Gasteiger partial charge >= 0.3 is 0 Å². The molecule has 2 aromatic rings. The van der Waals surface area contributed by atoms with E-state index in [0.29, 0.717) is 10.6 Å². The van der Waals surface area contributed by atoms with Crippen LogP contribution in [0.2, 0.25) is 5.02 Å². The van der Waals surface area contributed by atoms with Gasteiger partial charge in [-0.25, -0.2) is 0 Å². The van der Waals surface area contributed by atoms with Crippen molar-refractivity contribution >= 4 is 17.5 Å². The van der Waals surface area contributed by atoms with E-state index >= 15 is 0 Å². The number of benzene rings is 2. The third-order valence-electron chi connectivity index (χ3n) is 3.64. The summed E-state index contributed by atoms with van der Waals surface area (Å²) in [6.45, 7) is 4.04. The molecule has 0 aromatic heterocycles. The standard InChI is InChI=1S/C18H20ClNO2/c1-4-16(14-7-10-17(22-3)12(2)11-14)20-18(21)13-5-8-15(19)9-6-13/h5-11,16H,4H2,1-3H3,(H,20,21). The van der Waals surface area contributed by atoms with Crippen molar-refractivity contribution in [2.75, 3.05) is 7.11 Å². The molecule has 0 aliphatic carbocycles. The number of nitrogens with one attached hydrogen (secondary N) is 1. The number of aryl methyl sites for hydroxylation is 1. The molecule has 116 valence electrons. The zero-order chi connectivity index (χ0) is 16.1. The first-order valence-electron chi connectivity index (χ1n) is 7.26. The Balaban J connectivity index is 2.16. The Labute approximate surface area is 136 Å². The van der Waals surface area contributed by atoms with Gasteiger partial charge in [-0.2, -0.15) is 0 Å². The second-order valence-corrected chi connectivity index (χ2v) is 5.61. The van der Waals surface area contributed by atoms with Crippen LogP contribution in [0.25, 0.3) is 0 Å². The van der Waals surface area contributed by atoms with Crippen LogP contribution in [0.15, 0.2) is 42.5 Å². The highest BCUT2D eigenvalue weighted by molar-refractivity contribution is 6.30. The smallest absolute Gasteiger partial charge is 0.251 e. The number of hydrogen-bond donors (Lipinski definition) is 1. The predicted molar refractivity (Wildman–Crippen MR) is 89.7 cm³/mol. The number of amides is 1. The highest BCUT2D eigenvalue weighted by Gasteiger charge is 2.15. The molecule has 0 aliphatic rings. The van der Waals surface area contributed by atoms with Crippen molar-refractivity contribution in [2.24, 2.45) is 0 Å². The topological polar surface area (TPSA) is 38.3 Å². The van der Waals surface area contributed by atoms with Gasteiger partial charge in [0.25, 0.3) is 5.91 Å². The Morgan fingerprint density at radius 3 is 2.45 bits per heavy atom. The largest absolute Gasteiger partial charge is 0.496 e. The van der Waals surface area contributed by atoms with Crippen LogP contribution in [-0.4, -0.2) is 13.0 Å². The number of carbonyl (C=O) groups is 1. The summed E-state index contributed by atoms with van der Waals surface area (Å²) in [5.74, 6) is 0.750. The number of ether oxygens (including phenoxy) is 1. The fraction of sp³-hybridized carbons (Fsp3) is 0.278. The average Bonchev–Trinajstić information content (AvgIpc) is 2.53. The molecular formula is C18H20ClNO2. The SMILES string of the molecule is CCC(NC(=O)c1ccc(Cl)cc1)c1ccc(OC)c(C)c1. The average molecular weight is 318 g/mol. The van der Waals surface area contributed by atoms with E-state index in [-0.39, 0.29) is 11.9 Å². The van der Waals surface area contributed by atoms with Crippen LogP contribution < -0.4 is 10.1 Å². The second kappa shape index (κ2) is 7.32. The predicted octanol–water partition coefficient (Wildman–Crippen LogP) is 4.54. The second-order valence-electron chi connectivity index (χ2n) is 5.17. The van der Waals surface area contributed by atoms with Crippen LogP contribution in [0.1, 0.15) is 40.9 Å². The van der Waals surface area contributed by atoms with Crippen molar-refractivity contribution in [1.82, 2.24) is 5.32 Å². The zero-order valence-electron chi connectivity index (χ0n) is 13.0. The van der Waals surface area contributed by atoms with E-state index in [2.05, 4.69) is 11.4 Å². The number of carbonyl (C=O) groups excluding carboxylic acids is 1. The van der Waals surface area contributed by atoms with Crippen molar-refractivity contribution in [3.05, 3.63) is 64.2 Å². The molecule has 0 fully saturated rings. The van der Waals surface area contributed by atoms with E-state index in [1.807, 2.05) is 26.0 Å². The van der Waals surface area contributed by atoms with E-state index in [1.165, 1.54) is 0 Å². The van der Waals surface area contributed by atoms with Gasteiger partial charge in [0, 0.05) is 10.6 Å². The Kier molecular flexibility index (Phi) is 5.45. The minimum Gasteiger partial charge on any atom is -0.496 e. The molecule has 4 heteroatoms. The van der Waals surface area contributed by atoms with Crippen LogP contribution in [-0.2, 0) is 0 Å². The number of rotatable bonds is 5. The summed E-state index contributed by atoms with van der Waals surface area (Å²) in [7, 11) is 1.65. The van der Waals surface area contributed by atoms with Crippen LogP contribution >= 0.6 is 11.6 Å². The molecule has 0 saturated heterocycles. The summed E-state index contributed by atoms with van der Waals surface area (Å²) in [5.41, 5.74) is 2.73. The normalized spacial score (nSPS) is 11.8. The van der Waals surface area contributed by atoms with E-state index < -0.39 is 0 Å². The third-order valence-corrected chi connectivity index (χ3v) is 3.89. The van der Waals surface area contributed by atoms with E-state index in [9.17, 15) is 4.79 Å². The monoisotopic (exact) mass is 317 g/mol. The summed E-state index contributed by atoms with van der Waals surface area (Å²) in [6.07, 6.45) is 0.811. The van der Waals surface area contributed by atoms with Gasteiger partial charge < -0.3 is 10.1 Å². The highest BCUT2D eigenvalue weighted by atomic mass is 35.5. The molecule has 3 nitrogen and oxygen atoms in total. The maximum Gasteiger partial charge on any atom is 0.251 e. The number of halogens is 1. The van der Waals surface area contributed by atoms with Crippen LogP contribution in [0.4, 0.5) is 0 Å². The Bertz CT molecular complexity index is 653. The van der Waals surface area contributed by atoms with Crippen molar-refractivity contribution in [1.29, 1.82) is 0 Å². The fourth-order valence-electron chi connectivity index (χ4n) is 2.38. The van der Waals surface area contributed by atoms with Gasteiger partial charge in [-0.15, -0.1) is 0 Å². The minimum absolute atomic E-state index is 0.0345. The lowest BCUT2D eigenvalue weighted by Crippen LogP contribution is -2.28. The third kappa shape index (κ3) is 3.80. The summed E-state index contributed by atoms with van der Waals surface area (Å²) in [4.78, 5) is 12.3. The number of hydrogen-bond acceptors (Lipinski definition) is 2. The summed E-state index contributed by atoms with van der Waals surface area (Å²) in [6, 6.07) is 12.8. The first-order chi connectivity index (χ1) is 10.5. The van der Waals surface area contributed by atoms with Gasteiger partial charge in [0.05, 0.1) is 13.2 Å². The molecule has 1 N–H and O–H groups in total. The molecule has 0 spiro atoms. The van der Waals surface area contributed by atoms with Crippen LogP contribution in [0, 0.1) is 6.92 Å². The van der Waals surface area contributed by atoms with Crippen molar-refractivity contribution in [2.45, 2.75) is 26.3 Å². The fourth-order valence-corrected chi connectivity index (χ4v) is 2.51. The Morgan fingerprint density at radius 2 is 1.91 bits per heavy atom. The molecule has 1 atom stereocenters. The molecule has 22 heavy (non-hydrogen) atoms. The summed E-state index contributed by atoms with van der Waals surface area (Å²) in [5, 5.41) is 3.68. The lowest BCUT2D eigenvalue weighted by molar-refractivity contribution is 0.0935. The molecule has 1 unspecified atom stereocenters. The first-order valence-corrected chi connectivity index (χ1v) is 7.64. The van der Waals surface area contributed by atoms with Crippen molar-refractivity contribution in [3.8, 4) is 5.75 Å². The van der Waals surface area contributed by atoms with Gasteiger partial charge in [-0.1, -0.05) is 30.7 Å². The van der Waals surface area contributed by atoms with E-state index in [4.69, 9.17) is 16.3 Å². The summed E-state index contributed by atoms with van der Waals surface area (Å²) >= 11 is 5.85. The molecule has 0 heterocycles. The maximum atomic E-state index is 12.3. The van der Waals surface area contributed by atoms with Gasteiger partial charge in [-0.3, -0.25) is 4.79 Å². The van der Waals surface area contributed by atoms with Gasteiger partial charge in [-0.05, 0) is 54.8 Å². The molecule has 0 radical (unpaired) electrons. The van der Waals surface area contributed by atoms with E-state index in [1.54, 1.807) is 31.4 Å². The first kappa shape index (κ1) is 16.4. The lowest BCUT2D eigenvalue weighted by atomic mass is 10.0. The van der Waals surface area contributed by atoms with Crippen molar-refractivity contribution in [3.63, 3.8) is 0 Å². The molecule has 0 aliphatic heterocycles. The molecular weight excluding hydrogens is 298 g/mol. The quantitative estimate of drug-likeness (QED) is 0.879. The van der Waals surface area contributed by atoms with Gasteiger partial charge in [0.15, 0.2) is 0 Å². The Hall–Kier alpha value is -2.00. The van der Waals surface area contributed by atoms with E-state index in [0.717, 1.165) is 23.3 Å². The molecule has 0 saturated carbocycles. The van der Waals surface area contributed by atoms with Crippen LogP contribution in [0.5, 0.6) is 5.75 Å². The highest BCUT2D eigenvalue weighted by Crippen LogP contribution is 2.24.